The molecule has 0 radical (unpaired) electrons. The summed E-state index contributed by atoms with van der Waals surface area (Å²) in [6.45, 7) is 1.62. The van der Waals surface area contributed by atoms with Gasteiger partial charge in [-0.3, -0.25) is 9.59 Å². The molecule has 1 aromatic carbocycles. The predicted molar refractivity (Wildman–Crippen MR) is 117 cm³/mol. The van der Waals surface area contributed by atoms with E-state index >= 15 is 0 Å². The van der Waals surface area contributed by atoms with Crippen LogP contribution in [0.15, 0.2) is 42.6 Å². The molecule has 1 amide bonds. The van der Waals surface area contributed by atoms with Crippen LogP contribution in [0.5, 0.6) is 5.75 Å². The number of cyclic esters (lactones) is 1. The molecule has 1 saturated heterocycles. The van der Waals surface area contributed by atoms with Gasteiger partial charge in [-0.15, -0.1) is 0 Å². The number of nitrogen functional groups attached to an aromatic ring is 1. The van der Waals surface area contributed by atoms with E-state index in [9.17, 15) is 9.59 Å². The van der Waals surface area contributed by atoms with Gasteiger partial charge in [0, 0.05) is 19.3 Å². The van der Waals surface area contributed by atoms with Gasteiger partial charge in [0.15, 0.2) is 0 Å². The molecule has 0 atom stereocenters. The molecule has 7 nitrogen and oxygen atoms in total. The molecule has 2 N–H and O–H groups in total. The third kappa shape index (κ3) is 4.81. The Bertz CT molecular complexity index is 921. The predicted octanol–water partition coefficient (Wildman–Crippen LogP) is 3.23. The van der Waals surface area contributed by atoms with Crippen molar-refractivity contribution in [3.8, 4) is 5.75 Å². The van der Waals surface area contributed by atoms with Crippen molar-refractivity contribution in [3.63, 3.8) is 0 Å². The Kier molecular flexibility index (Phi) is 6.39. The number of aryl methyl sites for hydroxylation is 1. The minimum Gasteiger partial charge on any atom is -0.490 e. The van der Waals surface area contributed by atoms with Gasteiger partial charge in [-0.2, -0.15) is 0 Å². The third-order valence-electron chi connectivity index (χ3n) is 6.37. The molecule has 31 heavy (non-hydrogen) atoms. The summed E-state index contributed by atoms with van der Waals surface area (Å²) in [6, 6.07) is 11.4. The summed E-state index contributed by atoms with van der Waals surface area (Å²) in [5, 5.41) is 0. The average Bonchev–Trinajstić information content (AvgIpc) is 2.80. The van der Waals surface area contributed by atoms with E-state index in [0.717, 1.165) is 31.4 Å². The molecule has 1 fully saturated rings. The number of anilines is 1. The first-order chi connectivity index (χ1) is 15.1. The van der Waals surface area contributed by atoms with Gasteiger partial charge in [-0.1, -0.05) is 24.6 Å². The molecule has 0 saturated carbocycles. The van der Waals surface area contributed by atoms with Crippen LogP contribution in [0.4, 0.5) is 5.82 Å². The fourth-order valence-electron chi connectivity index (χ4n) is 4.48. The highest BCUT2D eigenvalue weighted by Gasteiger charge is 2.43. The number of carbonyl (C=O) groups is 2. The van der Waals surface area contributed by atoms with E-state index in [1.54, 1.807) is 17.0 Å². The number of nitrogens with two attached hydrogens (primary N) is 1. The summed E-state index contributed by atoms with van der Waals surface area (Å²) in [4.78, 5) is 31.6. The molecule has 2 aliphatic rings. The van der Waals surface area contributed by atoms with Crippen molar-refractivity contribution in [1.82, 2.24) is 9.88 Å². The lowest BCUT2D eigenvalue weighted by Crippen LogP contribution is -2.47. The highest BCUT2D eigenvalue weighted by Crippen LogP contribution is 2.39. The number of piperidine rings is 1. The van der Waals surface area contributed by atoms with Crippen molar-refractivity contribution in [2.45, 2.75) is 38.5 Å². The lowest BCUT2D eigenvalue weighted by Gasteiger charge is -2.40. The third-order valence-corrected chi connectivity index (χ3v) is 6.37. The number of esters is 1. The number of fused-ring (bicyclic) bond motifs is 1. The van der Waals surface area contributed by atoms with Gasteiger partial charge in [0.1, 0.15) is 24.8 Å². The molecule has 164 valence electrons. The van der Waals surface area contributed by atoms with Crippen molar-refractivity contribution < 1.29 is 19.1 Å². The van der Waals surface area contributed by atoms with Crippen LogP contribution < -0.4 is 10.5 Å². The number of hydrogen-bond acceptors (Lipinski definition) is 6. The Hall–Kier alpha value is -3.09. The van der Waals surface area contributed by atoms with Crippen LogP contribution in [0.25, 0.3) is 0 Å². The van der Waals surface area contributed by atoms with Crippen LogP contribution in [0.1, 0.15) is 48.0 Å². The first kappa shape index (κ1) is 21.2. The minimum atomic E-state index is -0.533. The highest BCUT2D eigenvalue weighted by atomic mass is 16.6. The lowest BCUT2D eigenvalue weighted by molar-refractivity contribution is -0.160. The fraction of sp³-hybridized carbons (Fsp3) is 0.458. The number of pyridine rings is 1. The molecule has 1 aromatic heterocycles. The topological polar surface area (TPSA) is 94.8 Å². The monoisotopic (exact) mass is 423 g/mol. The number of hydrogen-bond donors (Lipinski definition) is 1. The van der Waals surface area contributed by atoms with Crippen molar-refractivity contribution >= 4 is 17.7 Å². The van der Waals surface area contributed by atoms with E-state index in [1.165, 1.54) is 11.8 Å². The zero-order chi connectivity index (χ0) is 21.7. The number of rotatable bonds is 1. The van der Waals surface area contributed by atoms with E-state index in [2.05, 4.69) is 11.1 Å². The number of aromatic nitrogens is 1. The second-order valence-electron chi connectivity index (χ2n) is 8.34. The summed E-state index contributed by atoms with van der Waals surface area (Å²) in [7, 11) is 0. The van der Waals surface area contributed by atoms with Crippen molar-refractivity contribution in [2.24, 2.45) is 5.41 Å². The van der Waals surface area contributed by atoms with E-state index in [0.29, 0.717) is 43.9 Å². The van der Waals surface area contributed by atoms with E-state index in [-0.39, 0.29) is 18.5 Å². The Balaban J connectivity index is 1.41. The van der Waals surface area contributed by atoms with Gasteiger partial charge in [0.25, 0.3) is 5.91 Å². The van der Waals surface area contributed by atoms with Crippen molar-refractivity contribution in [2.75, 3.05) is 32.0 Å². The normalized spacial score (nSPS) is 19.4. The maximum absolute atomic E-state index is 13.0. The first-order valence-electron chi connectivity index (χ1n) is 11.0. The number of ether oxygens (including phenoxy) is 2. The Labute approximate surface area is 182 Å². The molecule has 2 aromatic rings. The largest absolute Gasteiger partial charge is 0.490 e. The van der Waals surface area contributed by atoms with Crippen LogP contribution in [0.3, 0.4) is 0 Å². The number of para-hydroxylation sites is 1. The molecule has 2 aliphatic heterocycles. The van der Waals surface area contributed by atoms with E-state index in [1.807, 2.05) is 18.2 Å². The molecule has 0 unspecified atom stereocenters. The number of carbonyl (C=O) groups excluding carboxylic acids is 2. The molecule has 4 rings (SSSR count). The highest BCUT2D eigenvalue weighted by molar-refractivity contribution is 5.94. The second-order valence-corrected chi connectivity index (χ2v) is 8.34. The Morgan fingerprint density at radius 2 is 1.77 bits per heavy atom. The number of likely N-dealkylation sites (tertiary alicyclic amines) is 1. The van der Waals surface area contributed by atoms with Gasteiger partial charge in [-0.25, -0.2) is 4.98 Å². The summed E-state index contributed by atoms with van der Waals surface area (Å²) >= 11 is 0. The molecular formula is C24H29N3O4. The summed E-state index contributed by atoms with van der Waals surface area (Å²) in [6.07, 6.45) is 6.34. The van der Waals surface area contributed by atoms with Crippen LogP contribution in [0, 0.1) is 5.41 Å². The van der Waals surface area contributed by atoms with E-state index < -0.39 is 5.41 Å². The zero-order valence-corrected chi connectivity index (χ0v) is 17.7. The zero-order valence-electron chi connectivity index (χ0n) is 17.7. The molecule has 7 heteroatoms. The second kappa shape index (κ2) is 9.37. The van der Waals surface area contributed by atoms with Crippen LogP contribution in [-0.4, -0.2) is 48.1 Å². The minimum absolute atomic E-state index is 0.0751. The standard InChI is InChI=1S/C24H29N3O4/c25-21-9-8-19(17-26-21)22(28)27-13-11-24(12-14-27)10-4-3-6-18-5-1-2-7-20(18)30-15-16-31-23(24)29/h1-2,5,7-9,17H,3-4,6,10-16H2,(H2,25,26). The summed E-state index contributed by atoms with van der Waals surface area (Å²) < 4.78 is 11.5. The Morgan fingerprint density at radius 1 is 1.00 bits per heavy atom. The van der Waals surface area contributed by atoms with Gasteiger partial charge in [0.2, 0.25) is 0 Å². The average molecular weight is 424 g/mol. The van der Waals surface area contributed by atoms with Gasteiger partial charge in [-0.05, 0) is 55.9 Å². The summed E-state index contributed by atoms with van der Waals surface area (Å²) in [5.41, 5.74) is 6.79. The smallest absolute Gasteiger partial charge is 0.312 e. The van der Waals surface area contributed by atoms with E-state index in [4.69, 9.17) is 15.2 Å². The SMILES string of the molecule is Nc1ccc(C(=O)N2CCC3(CCCCc4ccccc4OCCOC3=O)CC2)cn1. The number of benzene rings is 1. The Morgan fingerprint density at radius 3 is 2.55 bits per heavy atom. The van der Waals surface area contributed by atoms with Crippen molar-refractivity contribution in [3.05, 3.63) is 53.7 Å². The van der Waals surface area contributed by atoms with Crippen LogP contribution >= 0.6 is 0 Å². The van der Waals surface area contributed by atoms with Gasteiger partial charge in [0.05, 0.1) is 11.0 Å². The van der Waals surface area contributed by atoms with Crippen molar-refractivity contribution in [1.29, 1.82) is 0 Å². The van der Waals surface area contributed by atoms with Gasteiger partial charge < -0.3 is 20.1 Å². The molecule has 3 heterocycles. The fourth-order valence-corrected chi connectivity index (χ4v) is 4.48. The maximum Gasteiger partial charge on any atom is 0.312 e. The molecule has 0 bridgehead atoms. The molecule has 1 spiro atoms. The quantitative estimate of drug-likeness (QED) is 0.708. The molecular weight excluding hydrogens is 394 g/mol. The van der Waals surface area contributed by atoms with Gasteiger partial charge >= 0.3 is 5.97 Å². The lowest BCUT2D eigenvalue weighted by atomic mass is 9.74. The number of nitrogens with zero attached hydrogens (tertiary/aromatic N) is 2. The van der Waals surface area contributed by atoms with Crippen LogP contribution in [0.2, 0.25) is 0 Å². The van der Waals surface area contributed by atoms with Crippen LogP contribution in [-0.2, 0) is 16.0 Å². The first-order valence-corrected chi connectivity index (χ1v) is 11.0. The maximum atomic E-state index is 13.0. The molecule has 0 aliphatic carbocycles. The number of amides is 1. The summed E-state index contributed by atoms with van der Waals surface area (Å²) in [5.74, 6) is 1.02.